The Labute approximate surface area is 132 Å². The van der Waals surface area contributed by atoms with E-state index in [0.717, 1.165) is 23.9 Å². The van der Waals surface area contributed by atoms with Gasteiger partial charge < -0.3 is 15.4 Å². The van der Waals surface area contributed by atoms with Crippen LogP contribution in [0, 0.1) is 5.92 Å². The van der Waals surface area contributed by atoms with Crippen molar-refractivity contribution in [2.75, 3.05) is 6.54 Å². The molecule has 2 N–H and O–H groups in total. The number of amides is 1. The molecule has 22 heavy (non-hydrogen) atoms. The summed E-state index contributed by atoms with van der Waals surface area (Å²) >= 11 is 1.44. The predicted molar refractivity (Wildman–Crippen MR) is 84.4 cm³/mol. The number of aromatic nitrogens is 1. The van der Waals surface area contributed by atoms with Crippen molar-refractivity contribution < 1.29 is 9.53 Å². The molecule has 0 spiro atoms. The summed E-state index contributed by atoms with van der Waals surface area (Å²) in [5.74, 6) is 1.43. The molecule has 4 rings (SSSR count). The van der Waals surface area contributed by atoms with E-state index in [9.17, 15) is 4.79 Å². The minimum atomic E-state index is -0.0105. The highest BCUT2D eigenvalue weighted by Gasteiger charge is 2.39. The Morgan fingerprint density at radius 1 is 1.32 bits per heavy atom. The highest BCUT2D eigenvalue weighted by atomic mass is 32.1. The first kappa shape index (κ1) is 13.7. The molecule has 114 valence electrons. The average Bonchev–Trinajstić information content (AvgIpc) is 3.25. The summed E-state index contributed by atoms with van der Waals surface area (Å²) in [7, 11) is 0. The zero-order valence-corrected chi connectivity index (χ0v) is 12.8. The summed E-state index contributed by atoms with van der Waals surface area (Å²) < 4.78 is 5.64. The fraction of sp³-hybridized carbons (Fsp3) is 0.375. The number of fused-ring (bicyclic) bond motifs is 2. The van der Waals surface area contributed by atoms with Crippen molar-refractivity contribution in [2.45, 2.75) is 24.9 Å². The van der Waals surface area contributed by atoms with Gasteiger partial charge in [0.25, 0.3) is 5.91 Å². The Morgan fingerprint density at radius 3 is 2.82 bits per heavy atom. The van der Waals surface area contributed by atoms with Crippen LogP contribution in [0.5, 0.6) is 10.8 Å². The Balaban J connectivity index is 1.38. The number of rotatable bonds is 4. The number of nitrogens with zero attached hydrogens (tertiary/aromatic N) is 1. The van der Waals surface area contributed by atoms with Gasteiger partial charge in [-0.05, 0) is 49.6 Å². The topological polar surface area (TPSA) is 63.2 Å². The molecule has 1 amide bonds. The van der Waals surface area contributed by atoms with E-state index in [1.807, 2.05) is 12.1 Å². The summed E-state index contributed by atoms with van der Waals surface area (Å²) in [6.45, 7) is 1.10. The first-order valence-electron chi connectivity index (χ1n) is 7.48. The average molecular weight is 315 g/mol. The monoisotopic (exact) mass is 315 g/mol. The third kappa shape index (κ3) is 2.71. The molecule has 2 fully saturated rings. The molecule has 1 aromatic heterocycles. The highest BCUT2D eigenvalue weighted by Crippen LogP contribution is 2.31. The molecule has 3 atom stereocenters. The Bertz CT molecular complexity index is 657. The lowest BCUT2D eigenvalue weighted by atomic mass is 10.1. The van der Waals surface area contributed by atoms with Crippen molar-refractivity contribution in [1.82, 2.24) is 15.6 Å². The van der Waals surface area contributed by atoms with Gasteiger partial charge in [0.1, 0.15) is 5.75 Å². The predicted octanol–water partition coefficient (Wildman–Crippen LogP) is 2.42. The molecule has 1 saturated heterocycles. The second-order valence-electron chi connectivity index (χ2n) is 5.88. The fourth-order valence-electron chi connectivity index (χ4n) is 3.31. The van der Waals surface area contributed by atoms with E-state index in [0.29, 0.717) is 17.4 Å². The third-order valence-electron chi connectivity index (χ3n) is 4.39. The lowest BCUT2D eigenvalue weighted by molar-refractivity contribution is 0.0928. The maximum Gasteiger partial charge on any atom is 0.251 e. The van der Waals surface area contributed by atoms with Crippen LogP contribution in [0.15, 0.2) is 36.0 Å². The normalized spacial score (nSPS) is 26.1. The number of piperidine rings is 1. The van der Waals surface area contributed by atoms with Gasteiger partial charge in [0, 0.05) is 17.6 Å². The van der Waals surface area contributed by atoms with E-state index in [1.165, 1.54) is 17.8 Å². The number of benzene rings is 1. The molecular weight excluding hydrogens is 298 g/mol. The molecule has 1 aromatic carbocycles. The van der Waals surface area contributed by atoms with Crippen molar-refractivity contribution in [1.29, 1.82) is 0 Å². The van der Waals surface area contributed by atoms with Gasteiger partial charge >= 0.3 is 0 Å². The minimum absolute atomic E-state index is 0.0105. The van der Waals surface area contributed by atoms with Crippen molar-refractivity contribution in [2.24, 2.45) is 5.92 Å². The van der Waals surface area contributed by atoms with Gasteiger partial charge in [0.15, 0.2) is 0 Å². The van der Waals surface area contributed by atoms with Crippen LogP contribution in [0.4, 0.5) is 0 Å². The molecule has 1 aliphatic carbocycles. The summed E-state index contributed by atoms with van der Waals surface area (Å²) in [4.78, 5) is 16.3. The van der Waals surface area contributed by atoms with E-state index < -0.39 is 0 Å². The van der Waals surface area contributed by atoms with Gasteiger partial charge in [-0.2, -0.15) is 0 Å². The molecule has 3 unspecified atom stereocenters. The molecule has 5 nitrogen and oxygen atoms in total. The lowest BCUT2D eigenvalue weighted by Crippen LogP contribution is -2.47. The number of carbonyl (C=O) groups excluding carboxylic acids is 1. The Hall–Kier alpha value is -1.92. The van der Waals surface area contributed by atoms with Gasteiger partial charge in [0.05, 0.1) is 11.7 Å². The molecule has 2 bridgehead atoms. The van der Waals surface area contributed by atoms with Crippen LogP contribution >= 0.6 is 11.3 Å². The lowest BCUT2D eigenvalue weighted by Gasteiger charge is -2.24. The zero-order valence-electron chi connectivity index (χ0n) is 12.0. The molecule has 1 saturated carbocycles. The van der Waals surface area contributed by atoms with E-state index in [-0.39, 0.29) is 11.9 Å². The first-order valence-corrected chi connectivity index (χ1v) is 8.36. The van der Waals surface area contributed by atoms with Crippen LogP contribution < -0.4 is 15.4 Å². The Morgan fingerprint density at radius 2 is 2.18 bits per heavy atom. The molecule has 1 aliphatic heterocycles. The SMILES string of the molecule is O=C(NC1CC2CNC1C2)c1ccc(Oc2cncs2)cc1. The molecule has 0 radical (unpaired) electrons. The number of nitrogens with one attached hydrogen (secondary N) is 2. The summed E-state index contributed by atoms with van der Waals surface area (Å²) in [5.41, 5.74) is 2.39. The maximum absolute atomic E-state index is 12.3. The van der Waals surface area contributed by atoms with Crippen LogP contribution in [0.25, 0.3) is 0 Å². The van der Waals surface area contributed by atoms with Crippen LogP contribution in [0.1, 0.15) is 23.2 Å². The van der Waals surface area contributed by atoms with Gasteiger partial charge in [-0.3, -0.25) is 4.79 Å². The quantitative estimate of drug-likeness (QED) is 0.909. The van der Waals surface area contributed by atoms with Crippen LogP contribution in [-0.4, -0.2) is 29.5 Å². The third-order valence-corrected chi connectivity index (χ3v) is 5.04. The second kappa shape index (κ2) is 5.70. The fourth-order valence-corrected chi connectivity index (χ4v) is 3.80. The van der Waals surface area contributed by atoms with Gasteiger partial charge in [-0.25, -0.2) is 4.98 Å². The van der Waals surface area contributed by atoms with Crippen molar-refractivity contribution in [3.63, 3.8) is 0 Å². The summed E-state index contributed by atoms with van der Waals surface area (Å²) in [6, 6.07) is 7.93. The molecular formula is C16H17N3O2S. The molecule has 2 aromatic rings. The maximum atomic E-state index is 12.3. The van der Waals surface area contributed by atoms with Crippen LogP contribution in [0.2, 0.25) is 0 Å². The van der Waals surface area contributed by atoms with E-state index >= 15 is 0 Å². The molecule has 2 aliphatic rings. The number of hydrogen-bond donors (Lipinski definition) is 2. The zero-order chi connectivity index (χ0) is 14.9. The van der Waals surface area contributed by atoms with E-state index in [1.54, 1.807) is 23.8 Å². The van der Waals surface area contributed by atoms with E-state index in [4.69, 9.17) is 4.74 Å². The van der Waals surface area contributed by atoms with Crippen molar-refractivity contribution in [3.8, 4) is 10.8 Å². The summed E-state index contributed by atoms with van der Waals surface area (Å²) in [6.07, 6.45) is 3.95. The number of hydrogen-bond acceptors (Lipinski definition) is 5. The second-order valence-corrected chi connectivity index (χ2v) is 6.73. The Kier molecular flexibility index (Phi) is 3.56. The standard InChI is InChI=1S/C16H17N3O2S/c20-16(19-14-6-10-5-13(14)18-7-10)11-1-3-12(4-2-11)21-15-8-17-9-22-15/h1-4,8-10,13-14,18H,5-7H2,(H,19,20). The molecule has 2 heterocycles. The van der Waals surface area contributed by atoms with Gasteiger partial charge in [-0.1, -0.05) is 11.3 Å². The first-order chi connectivity index (χ1) is 10.8. The number of thiazole rings is 1. The van der Waals surface area contributed by atoms with Crippen LogP contribution in [-0.2, 0) is 0 Å². The smallest absolute Gasteiger partial charge is 0.251 e. The number of ether oxygens (including phenoxy) is 1. The van der Waals surface area contributed by atoms with Crippen molar-refractivity contribution in [3.05, 3.63) is 41.5 Å². The largest absolute Gasteiger partial charge is 0.445 e. The van der Waals surface area contributed by atoms with Gasteiger partial charge in [0.2, 0.25) is 5.06 Å². The minimum Gasteiger partial charge on any atom is -0.445 e. The summed E-state index contributed by atoms with van der Waals surface area (Å²) in [5, 5.41) is 7.34. The van der Waals surface area contributed by atoms with Crippen molar-refractivity contribution >= 4 is 17.2 Å². The molecule has 6 heteroatoms. The van der Waals surface area contributed by atoms with Crippen LogP contribution in [0.3, 0.4) is 0 Å². The number of carbonyl (C=O) groups is 1. The van der Waals surface area contributed by atoms with Gasteiger partial charge in [-0.15, -0.1) is 0 Å². The van der Waals surface area contributed by atoms with E-state index in [2.05, 4.69) is 15.6 Å². The highest BCUT2D eigenvalue weighted by molar-refractivity contribution is 7.11.